The molecule has 3 heterocycles. The van der Waals surface area contributed by atoms with Crippen LogP contribution in [0.25, 0.3) is 17.1 Å². The maximum Gasteiger partial charge on any atom is 0.411 e. The summed E-state index contributed by atoms with van der Waals surface area (Å²) in [5.74, 6) is -0.223. The zero-order valence-corrected chi connectivity index (χ0v) is 22.8. The van der Waals surface area contributed by atoms with Gasteiger partial charge in [-0.2, -0.15) is 5.26 Å². The first-order chi connectivity index (χ1) is 18.6. The molecule has 0 unspecified atom stereocenters. The maximum absolute atomic E-state index is 13.3. The minimum atomic E-state index is -0.739. The summed E-state index contributed by atoms with van der Waals surface area (Å²) in [6.07, 6.45) is 5.73. The SMILES string of the molecule is CC(C)(C)OC(=O)N1[C@@H]2CC[C@@H](C2)[C@H]1C(=O)N[C@H](C#N)Cc1ccc(-n2cc(-c3ccc(Cl)cn3)nn2)cc1. The minimum Gasteiger partial charge on any atom is -0.444 e. The van der Waals surface area contributed by atoms with Crippen molar-refractivity contribution in [3.8, 4) is 23.1 Å². The topological polar surface area (TPSA) is 126 Å². The Morgan fingerprint density at radius 2 is 1.95 bits per heavy atom. The Morgan fingerprint density at radius 3 is 2.62 bits per heavy atom. The van der Waals surface area contributed by atoms with Crippen molar-refractivity contribution in [3.05, 3.63) is 59.4 Å². The molecule has 2 aromatic heterocycles. The summed E-state index contributed by atoms with van der Waals surface area (Å²) in [5.41, 5.74) is 2.29. The maximum atomic E-state index is 13.3. The van der Waals surface area contributed by atoms with E-state index in [9.17, 15) is 14.9 Å². The predicted molar refractivity (Wildman–Crippen MR) is 144 cm³/mol. The van der Waals surface area contributed by atoms with Crippen molar-refractivity contribution >= 4 is 23.6 Å². The molecule has 39 heavy (non-hydrogen) atoms. The number of hydrogen-bond donors (Lipinski definition) is 1. The second kappa shape index (κ2) is 10.7. The quantitative estimate of drug-likeness (QED) is 0.487. The van der Waals surface area contributed by atoms with Crippen molar-refractivity contribution in [3.63, 3.8) is 0 Å². The molecular weight excluding hydrogens is 518 g/mol. The van der Waals surface area contributed by atoms with Crippen molar-refractivity contribution in [2.24, 2.45) is 5.92 Å². The van der Waals surface area contributed by atoms with Crippen molar-refractivity contribution in [2.45, 2.75) is 70.2 Å². The molecule has 11 heteroatoms. The van der Waals surface area contributed by atoms with Gasteiger partial charge in [-0.3, -0.25) is 14.7 Å². The summed E-state index contributed by atoms with van der Waals surface area (Å²) >= 11 is 5.91. The number of halogens is 1. The number of likely N-dealkylation sites (tertiary alicyclic amines) is 1. The Kier molecular flexibility index (Phi) is 7.28. The predicted octanol–water partition coefficient (Wildman–Crippen LogP) is 4.32. The zero-order valence-electron chi connectivity index (χ0n) is 22.0. The molecule has 0 radical (unpaired) electrons. The largest absolute Gasteiger partial charge is 0.444 e. The van der Waals surface area contributed by atoms with E-state index in [1.807, 2.05) is 45.0 Å². The number of pyridine rings is 1. The van der Waals surface area contributed by atoms with Gasteiger partial charge in [-0.05, 0) is 75.8 Å². The Morgan fingerprint density at radius 1 is 1.18 bits per heavy atom. The number of nitrogens with zero attached hydrogens (tertiary/aromatic N) is 6. The van der Waals surface area contributed by atoms with Gasteiger partial charge in [0.2, 0.25) is 5.91 Å². The van der Waals surface area contributed by atoms with Crippen LogP contribution in [0.5, 0.6) is 0 Å². The molecule has 2 bridgehead atoms. The van der Waals surface area contributed by atoms with E-state index in [1.165, 1.54) is 0 Å². The van der Waals surface area contributed by atoms with Crippen LogP contribution in [0.4, 0.5) is 4.79 Å². The molecule has 1 saturated carbocycles. The van der Waals surface area contributed by atoms with Gasteiger partial charge in [0.1, 0.15) is 23.4 Å². The van der Waals surface area contributed by atoms with E-state index in [0.717, 1.165) is 30.5 Å². The highest BCUT2D eigenvalue weighted by molar-refractivity contribution is 6.30. The summed E-state index contributed by atoms with van der Waals surface area (Å²) in [5, 5.41) is 21.6. The Balaban J connectivity index is 1.23. The number of nitriles is 1. The van der Waals surface area contributed by atoms with Gasteiger partial charge in [-0.15, -0.1) is 5.10 Å². The number of rotatable bonds is 6. The van der Waals surface area contributed by atoms with Crippen LogP contribution in [-0.2, 0) is 16.0 Å². The van der Waals surface area contributed by atoms with E-state index < -0.39 is 23.8 Å². The van der Waals surface area contributed by atoms with Gasteiger partial charge < -0.3 is 10.1 Å². The molecule has 202 valence electrons. The number of fused-ring (bicyclic) bond motifs is 2. The van der Waals surface area contributed by atoms with Crippen LogP contribution in [0.15, 0.2) is 48.8 Å². The van der Waals surface area contributed by atoms with Crippen LogP contribution < -0.4 is 5.32 Å². The lowest BCUT2D eigenvalue weighted by Gasteiger charge is -2.35. The number of piperidine rings is 1. The van der Waals surface area contributed by atoms with Gasteiger partial charge in [-0.1, -0.05) is 28.9 Å². The summed E-state index contributed by atoms with van der Waals surface area (Å²) in [7, 11) is 0. The molecule has 5 rings (SSSR count). The highest BCUT2D eigenvalue weighted by Gasteiger charge is 2.52. The fourth-order valence-corrected chi connectivity index (χ4v) is 5.46. The number of carbonyl (C=O) groups excluding carboxylic acids is 2. The smallest absolute Gasteiger partial charge is 0.411 e. The normalized spacial score (nSPS) is 20.9. The Hall–Kier alpha value is -3.97. The molecule has 1 aromatic carbocycles. The van der Waals surface area contributed by atoms with Crippen LogP contribution in [-0.4, -0.2) is 60.6 Å². The highest BCUT2D eigenvalue weighted by atomic mass is 35.5. The van der Waals surface area contributed by atoms with Gasteiger partial charge in [0.15, 0.2) is 0 Å². The van der Waals surface area contributed by atoms with Gasteiger partial charge in [0.05, 0.1) is 28.7 Å². The second-order valence-corrected chi connectivity index (χ2v) is 11.5. The van der Waals surface area contributed by atoms with Crippen molar-refractivity contribution in [2.75, 3.05) is 0 Å². The molecule has 10 nitrogen and oxygen atoms in total. The monoisotopic (exact) mass is 547 g/mol. The van der Waals surface area contributed by atoms with Gasteiger partial charge in [0.25, 0.3) is 0 Å². The summed E-state index contributed by atoms with van der Waals surface area (Å²) < 4.78 is 7.22. The molecule has 2 amide bonds. The van der Waals surface area contributed by atoms with Crippen LogP contribution in [0.3, 0.4) is 0 Å². The number of ether oxygens (including phenoxy) is 1. The number of hydrogen-bond acceptors (Lipinski definition) is 7. The van der Waals surface area contributed by atoms with Gasteiger partial charge in [-0.25, -0.2) is 9.48 Å². The fourth-order valence-electron chi connectivity index (χ4n) is 5.34. The lowest BCUT2D eigenvalue weighted by atomic mass is 9.97. The van der Waals surface area contributed by atoms with Gasteiger partial charge in [0, 0.05) is 18.7 Å². The Labute approximate surface area is 231 Å². The van der Waals surface area contributed by atoms with Crippen LogP contribution >= 0.6 is 11.6 Å². The van der Waals surface area contributed by atoms with E-state index >= 15 is 0 Å². The standard InChI is InChI=1S/C28H30ClN7O3/c1-28(2,3)39-27(38)36-22-10-6-18(13-22)25(36)26(37)32-20(14-30)12-17-4-8-21(9-5-17)35-16-24(33-34-35)23-11-7-19(29)15-31-23/h4-5,7-9,11,15-16,18,20,22,25H,6,10,12-13H2,1-3H3,(H,32,37)/t18-,20-,22+,25-/m0/s1. The summed E-state index contributed by atoms with van der Waals surface area (Å²) in [6, 6.07) is 11.9. The second-order valence-electron chi connectivity index (χ2n) is 11.0. The molecule has 1 aliphatic heterocycles. The zero-order chi connectivity index (χ0) is 27.7. The summed E-state index contributed by atoms with van der Waals surface area (Å²) in [6.45, 7) is 5.43. The average molecular weight is 548 g/mol. The molecule has 2 aliphatic rings. The third-order valence-electron chi connectivity index (χ3n) is 7.05. The van der Waals surface area contributed by atoms with E-state index in [-0.39, 0.29) is 17.9 Å². The van der Waals surface area contributed by atoms with Crippen molar-refractivity contribution < 1.29 is 14.3 Å². The molecule has 0 spiro atoms. The molecule has 3 aromatic rings. The summed E-state index contributed by atoms with van der Waals surface area (Å²) in [4.78, 5) is 32.1. The van der Waals surface area contributed by atoms with E-state index in [4.69, 9.17) is 16.3 Å². The van der Waals surface area contributed by atoms with Crippen molar-refractivity contribution in [1.82, 2.24) is 30.2 Å². The lowest BCUT2D eigenvalue weighted by Crippen LogP contribution is -2.55. The third-order valence-corrected chi connectivity index (χ3v) is 7.28. The molecule has 1 N–H and O–H groups in total. The molecule has 2 fully saturated rings. The van der Waals surface area contributed by atoms with Crippen LogP contribution in [0.2, 0.25) is 5.02 Å². The van der Waals surface area contributed by atoms with E-state index in [2.05, 4.69) is 26.7 Å². The highest BCUT2D eigenvalue weighted by Crippen LogP contribution is 2.43. The fraction of sp³-hybridized carbons (Fsp3) is 0.429. The number of amides is 2. The number of nitrogens with one attached hydrogen (secondary N) is 1. The third kappa shape index (κ3) is 5.88. The average Bonchev–Trinajstić information content (AvgIpc) is 3.65. The number of carbonyl (C=O) groups is 2. The lowest BCUT2D eigenvalue weighted by molar-refractivity contribution is -0.128. The van der Waals surface area contributed by atoms with E-state index in [0.29, 0.717) is 22.8 Å². The van der Waals surface area contributed by atoms with E-state index in [1.54, 1.807) is 34.1 Å². The first-order valence-corrected chi connectivity index (χ1v) is 13.3. The first-order valence-electron chi connectivity index (χ1n) is 13.0. The molecule has 4 atom stereocenters. The number of aromatic nitrogens is 4. The van der Waals surface area contributed by atoms with Gasteiger partial charge >= 0.3 is 6.09 Å². The number of benzene rings is 1. The first kappa shape index (κ1) is 26.6. The molecule has 1 saturated heterocycles. The van der Waals surface area contributed by atoms with Crippen LogP contribution in [0.1, 0.15) is 45.6 Å². The van der Waals surface area contributed by atoms with Crippen molar-refractivity contribution in [1.29, 1.82) is 5.26 Å². The Bertz CT molecular complexity index is 1390. The molecule has 1 aliphatic carbocycles. The van der Waals surface area contributed by atoms with Crippen LogP contribution in [0, 0.1) is 17.2 Å². The molecular formula is C28H30ClN7O3. The minimum absolute atomic E-state index is 0.00135.